The number of benzene rings is 2. The van der Waals surface area contributed by atoms with Gasteiger partial charge in [-0.15, -0.1) is 12.3 Å². The van der Waals surface area contributed by atoms with Gasteiger partial charge in [0.25, 0.3) is 0 Å². The first-order valence-corrected chi connectivity index (χ1v) is 13.2. The van der Waals surface area contributed by atoms with E-state index in [1.165, 1.54) is 18.1 Å². The zero-order valence-electron chi connectivity index (χ0n) is 22.5. The molecule has 4 heterocycles. The highest BCUT2D eigenvalue weighted by Gasteiger charge is 2.32. The summed E-state index contributed by atoms with van der Waals surface area (Å²) >= 11 is 0. The van der Waals surface area contributed by atoms with Crippen molar-refractivity contribution in [3.8, 4) is 23.8 Å². The van der Waals surface area contributed by atoms with Crippen LogP contribution in [0.2, 0.25) is 0 Å². The number of halogens is 1. The summed E-state index contributed by atoms with van der Waals surface area (Å²) in [6, 6.07) is 8.74. The second kappa shape index (κ2) is 12.4. The number of hydrogen-bond acceptors (Lipinski definition) is 8. The van der Waals surface area contributed by atoms with Gasteiger partial charge in [-0.3, -0.25) is 5.01 Å². The Balaban J connectivity index is 0.000000758. The molecule has 0 fully saturated rings. The van der Waals surface area contributed by atoms with Crippen LogP contribution in [0.5, 0.6) is 11.5 Å². The summed E-state index contributed by atoms with van der Waals surface area (Å²) < 4.78 is 29.2. The molecular weight excluding hydrogens is 509 g/mol. The molecule has 0 radical (unpaired) electrons. The van der Waals surface area contributed by atoms with E-state index in [9.17, 15) is 4.39 Å². The fourth-order valence-corrected chi connectivity index (χ4v) is 4.52. The van der Waals surface area contributed by atoms with Gasteiger partial charge in [0.1, 0.15) is 17.9 Å². The van der Waals surface area contributed by atoms with E-state index in [0.29, 0.717) is 30.4 Å². The first-order valence-electron chi connectivity index (χ1n) is 13.2. The van der Waals surface area contributed by atoms with E-state index >= 15 is 0 Å². The van der Waals surface area contributed by atoms with Gasteiger partial charge in [0.2, 0.25) is 17.1 Å². The minimum atomic E-state index is -0.486. The van der Waals surface area contributed by atoms with E-state index < -0.39 is 5.82 Å². The summed E-state index contributed by atoms with van der Waals surface area (Å²) in [6.07, 6.45) is 14.2. The number of hydrogen-bond donors (Lipinski definition) is 2. The molecule has 3 aromatic rings. The maximum absolute atomic E-state index is 15.0. The van der Waals surface area contributed by atoms with Gasteiger partial charge in [0.15, 0.2) is 24.7 Å². The molecule has 40 heavy (non-hydrogen) atoms. The summed E-state index contributed by atoms with van der Waals surface area (Å²) in [5.74, 6) is 3.93. The number of anilines is 2. The molecule has 10 heteroatoms. The Bertz CT molecular complexity index is 1570. The molecule has 3 aliphatic rings. The summed E-state index contributed by atoms with van der Waals surface area (Å²) in [5.41, 5.74) is 3.49. The van der Waals surface area contributed by atoms with Crippen molar-refractivity contribution in [2.24, 2.45) is 5.10 Å². The maximum atomic E-state index is 15.0. The second-order valence-electron chi connectivity index (χ2n) is 9.06. The van der Waals surface area contributed by atoms with Crippen molar-refractivity contribution in [3.63, 3.8) is 0 Å². The lowest BCUT2D eigenvalue weighted by Gasteiger charge is -2.23. The van der Waals surface area contributed by atoms with E-state index in [-0.39, 0.29) is 5.75 Å². The van der Waals surface area contributed by atoms with Crippen LogP contribution in [0.25, 0.3) is 10.9 Å². The Hall–Kier alpha value is -4.75. The molecule has 3 aliphatic heterocycles. The number of rotatable bonds is 5. The fraction of sp³-hybridized carbons (Fsp3) is 0.267. The van der Waals surface area contributed by atoms with Crippen LogP contribution in [0.3, 0.4) is 0 Å². The van der Waals surface area contributed by atoms with Crippen LogP contribution in [0.15, 0.2) is 65.9 Å². The molecule has 0 atom stereocenters. The summed E-state index contributed by atoms with van der Waals surface area (Å²) in [4.78, 5) is 8.88. The molecule has 0 saturated carbocycles. The lowest BCUT2D eigenvalue weighted by molar-refractivity contribution is -0.449. The number of terminal acetylenes is 1. The van der Waals surface area contributed by atoms with E-state index in [1.54, 1.807) is 35.6 Å². The molecule has 0 amide bonds. The van der Waals surface area contributed by atoms with Gasteiger partial charge in [-0.2, -0.15) is 9.68 Å². The predicted octanol–water partition coefficient (Wildman–Crippen LogP) is 4.72. The van der Waals surface area contributed by atoms with Gasteiger partial charge in [-0.1, -0.05) is 6.92 Å². The minimum Gasteiger partial charge on any atom is -0.475 e. The van der Waals surface area contributed by atoms with Crippen molar-refractivity contribution in [2.75, 3.05) is 38.1 Å². The van der Waals surface area contributed by atoms with Gasteiger partial charge < -0.3 is 20.1 Å². The van der Waals surface area contributed by atoms with Gasteiger partial charge in [0, 0.05) is 36.7 Å². The molecule has 0 spiro atoms. The molecule has 0 bridgehead atoms. The Morgan fingerprint density at radius 2 is 2.20 bits per heavy atom. The average Bonchev–Trinajstić information content (AvgIpc) is 2.99. The van der Waals surface area contributed by atoms with Gasteiger partial charge >= 0.3 is 0 Å². The third-order valence-electron chi connectivity index (χ3n) is 6.41. The van der Waals surface area contributed by atoms with Crippen molar-refractivity contribution >= 4 is 40.0 Å². The maximum Gasteiger partial charge on any atom is 0.248 e. The summed E-state index contributed by atoms with van der Waals surface area (Å²) in [6.45, 7) is 7.43. The quantitative estimate of drug-likeness (QED) is 0.275. The monoisotopic (exact) mass is 540 g/mol. The second-order valence-corrected chi connectivity index (χ2v) is 9.06. The number of nitrogens with one attached hydrogen (secondary N) is 2. The van der Waals surface area contributed by atoms with Crippen LogP contribution in [-0.2, 0) is 0 Å². The molecule has 204 valence electrons. The number of fused-ring (bicyclic) bond motifs is 4. The van der Waals surface area contributed by atoms with Crippen molar-refractivity contribution in [3.05, 3.63) is 66.6 Å². The molecule has 1 aromatic heterocycles. The normalized spacial score (nSPS) is 15.8. The number of hydrazone groups is 1. The van der Waals surface area contributed by atoms with Crippen molar-refractivity contribution in [1.29, 1.82) is 0 Å². The molecule has 0 unspecified atom stereocenters. The smallest absolute Gasteiger partial charge is 0.248 e. The molecule has 9 nitrogen and oxygen atoms in total. The molecule has 2 aromatic carbocycles. The topological polar surface area (TPSA) is 86.9 Å². The van der Waals surface area contributed by atoms with Crippen molar-refractivity contribution < 1.29 is 18.4 Å². The Kier molecular flexibility index (Phi) is 8.32. The van der Waals surface area contributed by atoms with Gasteiger partial charge in [-0.25, -0.2) is 14.4 Å². The third-order valence-corrected chi connectivity index (χ3v) is 6.41. The minimum absolute atomic E-state index is 0.138. The lowest BCUT2D eigenvalue weighted by Crippen LogP contribution is -2.44. The molecule has 2 N–H and O–H groups in total. The van der Waals surface area contributed by atoms with Gasteiger partial charge in [0.05, 0.1) is 30.5 Å². The zero-order valence-corrected chi connectivity index (χ0v) is 22.5. The predicted molar refractivity (Wildman–Crippen MR) is 155 cm³/mol. The van der Waals surface area contributed by atoms with E-state index in [0.717, 1.165) is 48.4 Å². The van der Waals surface area contributed by atoms with Crippen LogP contribution in [0.1, 0.15) is 20.3 Å². The zero-order chi connectivity index (χ0) is 27.9. The Morgan fingerprint density at radius 1 is 1.32 bits per heavy atom. The molecular formula is C30H31FN7O2+. The first kappa shape index (κ1) is 26.8. The molecule has 6 rings (SSSR count). The summed E-state index contributed by atoms with van der Waals surface area (Å²) in [5, 5.41) is 13.3. The van der Waals surface area contributed by atoms with Crippen molar-refractivity contribution in [1.82, 2.24) is 20.3 Å². The standard InChI is InChI=1S/C26H25FN7O2.C4H6/c1-2-31-33-10-7-19(8-11-33)36-23-6-3-17(13-20(23)27)32-26-24-21(29-16-30-26)4-5-22-25(24)35-15-18-14-28-9-12-34(18)22;1-3-4-2/h2-8,10,13,16,28H,9,11-12,14-15H2,1H3,(H,29,30,32);1H,4H2,2H3/q+1;/b31-2-;. The Labute approximate surface area is 232 Å². The fourth-order valence-electron chi connectivity index (χ4n) is 4.52. The largest absolute Gasteiger partial charge is 0.475 e. The van der Waals surface area contributed by atoms with Crippen LogP contribution in [-0.4, -0.2) is 64.3 Å². The average molecular weight is 541 g/mol. The van der Waals surface area contributed by atoms with Crippen LogP contribution >= 0.6 is 0 Å². The van der Waals surface area contributed by atoms with Crippen LogP contribution in [0, 0.1) is 18.2 Å². The number of aromatic nitrogens is 2. The Morgan fingerprint density at radius 3 is 2.95 bits per heavy atom. The highest BCUT2D eigenvalue weighted by molar-refractivity contribution is 6.00. The van der Waals surface area contributed by atoms with Crippen LogP contribution < -0.4 is 20.1 Å². The van der Waals surface area contributed by atoms with Crippen molar-refractivity contribution in [2.45, 2.75) is 20.3 Å². The number of nitrogens with zero attached hydrogens (tertiary/aromatic N) is 5. The SMILES string of the molecule is C#CCC.C/C=N\N1C=CC(Oc2ccc(Nc3ncnc4ccc5c(c34)OCC3=[N+]5CCNC3)cc2F)=CC1. The van der Waals surface area contributed by atoms with Gasteiger partial charge in [-0.05, 0) is 37.3 Å². The first-order chi connectivity index (χ1) is 19.6. The van der Waals surface area contributed by atoms with Crippen LogP contribution in [0.4, 0.5) is 21.6 Å². The highest BCUT2D eigenvalue weighted by Crippen LogP contribution is 2.41. The molecule has 0 aliphatic carbocycles. The molecule has 0 saturated heterocycles. The third kappa shape index (κ3) is 5.80. The summed E-state index contributed by atoms with van der Waals surface area (Å²) in [7, 11) is 0. The highest BCUT2D eigenvalue weighted by atomic mass is 19.1. The van der Waals surface area contributed by atoms with E-state index in [4.69, 9.17) is 15.9 Å². The lowest BCUT2D eigenvalue weighted by atomic mass is 10.1. The van der Waals surface area contributed by atoms with E-state index in [1.807, 2.05) is 32.1 Å². The number of ether oxygens (including phenoxy) is 2. The van der Waals surface area contributed by atoms with E-state index in [2.05, 4.69) is 36.2 Å². The number of allylic oxidation sites excluding steroid dienone is 1.